The number of aliphatic hydroxyl groups excluding tert-OH is 1. The maximum absolute atomic E-state index is 12.4. The SMILES string of the molecule is C=C(C[C@@]12C[C@@H](C)C[C@@H](O1)[C@@]1(C)O[C@]3(C[C@H]1O2)NC[C@H](C)C[C@@H]3C)[C@H]1O[C@@](O)([C@H](O)[C@@H]2C[C@H]3O[C@@]4(CC[C@]5(CC=C[C@@H](CCC(=O)O)O5)O4)[C@H](C)C[C@H]3O2)[C@H](C)C[C@@H]1C. The minimum Gasteiger partial charge on any atom is -0.481 e. The van der Waals surface area contributed by atoms with E-state index in [2.05, 4.69) is 53.4 Å². The van der Waals surface area contributed by atoms with Crippen molar-refractivity contribution < 1.29 is 58.0 Å². The molecule has 0 aromatic heterocycles. The molecule has 59 heavy (non-hydrogen) atoms. The lowest BCUT2D eigenvalue weighted by Crippen LogP contribution is -2.65. The summed E-state index contributed by atoms with van der Waals surface area (Å²) in [5.74, 6) is -4.48. The maximum Gasteiger partial charge on any atom is 0.303 e. The molecule has 0 aromatic carbocycles. The molecule has 0 aromatic rings. The third kappa shape index (κ3) is 7.31. The van der Waals surface area contributed by atoms with Crippen LogP contribution in [0.5, 0.6) is 0 Å². The Morgan fingerprint density at radius 2 is 1.64 bits per heavy atom. The van der Waals surface area contributed by atoms with Gasteiger partial charge in [0.15, 0.2) is 23.1 Å². The summed E-state index contributed by atoms with van der Waals surface area (Å²) in [5.41, 5.74) is -0.229. The average Bonchev–Trinajstić information content (AvgIpc) is 3.82. The van der Waals surface area contributed by atoms with Crippen molar-refractivity contribution in [2.45, 2.75) is 215 Å². The van der Waals surface area contributed by atoms with Crippen molar-refractivity contribution in [3.63, 3.8) is 0 Å². The Morgan fingerprint density at radius 1 is 0.864 bits per heavy atom. The lowest BCUT2D eigenvalue weighted by molar-refractivity contribution is -0.390. The van der Waals surface area contributed by atoms with Gasteiger partial charge in [-0.3, -0.25) is 10.1 Å². The van der Waals surface area contributed by atoms with E-state index in [1.807, 2.05) is 19.1 Å². The fourth-order valence-corrected chi connectivity index (χ4v) is 13.0. The lowest BCUT2D eigenvalue weighted by Gasteiger charge is -2.56. The quantitative estimate of drug-likeness (QED) is 0.208. The summed E-state index contributed by atoms with van der Waals surface area (Å²) in [5, 5.41) is 37.5. The van der Waals surface area contributed by atoms with Crippen molar-refractivity contribution in [2.24, 2.45) is 35.5 Å². The van der Waals surface area contributed by atoms with Gasteiger partial charge in [0.1, 0.15) is 17.4 Å². The number of fused-ring (bicyclic) bond motifs is 5. The first kappa shape index (κ1) is 42.8. The summed E-state index contributed by atoms with van der Waals surface area (Å²) in [6, 6.07) is 0. The van der Waals surface area contributed by atoms with Gasteiger partial charge in [-0.1, -0.05) is 60.3 Å². The van der Waals surface area contributed by atoms with Crippen LogP contribution < -0.4 is 5.32 Å². The van der Waals surface area contributed by atoms with Crippen LogP contribution in [-0.4, -0.2) is 111 Å². The highest BCUT2D eigenvalue weighted by Gasteiger charge is 2.68. The number of carbonyl (C=O) groups is 1. The monoisotopic (exact) mass is 829 g/mol. The summed E-state index contributed by atoms with van der Waals surface area (Å²) >= 11 is 0. The van der Waals surface area contributed by atoms with Crippen LogP contribution in [0.15, 0.2) is 24.3 Å². The smallest absolute Gasteiger partial charge is 0.303 e. The summed E-state index contributed by atoms with van der Waals surface area (Å²) < 4.78 is 54.4. The average molecular weight is 830 g/mol. The zero-order chi connectivity index (χ0) is 41.9. The van der Waals surface area contributed by atoms with E-state index < -0.39 is 58.8 Å². The predicted octanol–water partition coefficient (Wildman–Crippen LogP) is 6.09. The largest absolute Gasteiger partial charge is 0.481 e. The Bertz CT molecular complexity index is 1660. The molecule has 0 radical (unpaired) electrons. The van der Waals surface area contributed by atoms with Crippen LogP contribution in [0.25, 0.3) is 0 Å². The second kappa shape index (κ2) is 15.1. The number of ether oxygens (including phenoxy) is 8. The first-order chi connectivity index (χ1) is 27.8. The lowest BCUT2D eigenvalue weighted by atomic mass is 9.75. The van der Waals surface area contributed by atoms with Gasteiger partial charge in [-0.25, -0.2) is 0 Å². The van der Waals surface area contributed by atoms with Crippen LogP contribution in [0.3, 0.4) is 0 Å². The van der Waals surface area contributed by atoms with Crippen molar-refractivity contribution in [3.05, 3.63) is 24.3 Å². The van der Waals surface area contributed by atoms with Crippen molar-refractivity contribution >= 4 is 5.97 Å². The number of aliphatic carboxylic acids is 1. The van der Waals surface area contributed by atoms with E-state index in [-0.39, 0.29) is 54.7 Å². The Labute approximate surface area is 350 Å². The number of carboxylic acid groups (broad SMARTS) is 1. The van der Waals surface area contributed by atoms with E-state index in [0.717, 1.165) is 37.8 Å². The Morgan fingerprint density at radius 3 is 2.41 bits per heavy atom. The molecule has 9 heterocycles. The second-order valence-corrected chi connectivity index (χ2v) is 21.1. The predicted molar refractivity (Wildman–Crippen MR) is 214 cm³/mol. The molecular weight excluding hydrogens is 759 g/mol. The molecule has 0 unspecified atom stereocenters. The summed E-state index contributed by atoms with van der Waals surface area (Å²) in [6.45, 7) is 20.7. The number of hydrogen-bond acceptors (Lipinski definition) is 12. The van der Waals surface area contributed by atoms with Crippen molar-refractivity contribution in [1.29, 1.82) is 0 Å². The normalized spacial score (nSPS) is 54.7. The van der Waals surface area contributed by atoms with Crippen molar-refractivity contribution in [1.82, 2.24) is 5.32 Å². The van der Waals surface area contributed by atoms with Crippen LogP contribution in [0.4, 0.5) is 0 Å². The molecule has 3 spiro atoms. The zero-order valence-electron chi connectivity index (χ0n) is 36.4. The molecule has 8 saturated heterocycles. The molecule has 332 valence electrons. The summed E-state index contributed by atoms with van der Waals surface area (Å²) in [4.78, 5) is 11.2. The number of piperidine rings is 1. The van der Waals surface area contributed by atoms with Crippen LogP contribution in [-0.2, 0) is 42.7 Å². The molecule has 9 aliphatic heterocycles. The van der Waals surface area contributed by atoms with Gasteiger partial charge in [0.05, 0.1) is 42.7 Å². The number of rotatable bonds is 8. The van der Waals surface area contributed by atoms with Gasteiger partial charge >= 0.3 is 5.97 Å². The van der Waals surface area contributed by atoms with Crippen LogP contribution >= 0.6 is 0 Å². The highest BCUT2D eigenvalue weighted by atomic mass is 16.8. The first-order valence-corrected chi connectivity index (χ1v) is 23.0. The Kier molecular flexibility index (Phi) is 10.9. The van der Waals surface area contributed by atoms with Crippen molar-refractivity contribution in [2.75, 3.05) is 6.54 Å². The molecule has 0 aliphatic carbocycles. The van der Waals surface area contributed by atoms with E-state index in [4.69, 9.17) is 37.9 Å². The van der Waals surface area contributed by atoms with E-state index in [0.29, 0.717) is 69.1 Å². The molecule has 0 saturated carbocycles. The van der Waals surface area contributed by atoms with Gasteiger partial charge < -0.3 is 53.2 Å². The Balaban J connectivity index is 0.864. The minimum atomic E-state index is -1.89. The summed E-state index contributed by atoms with van der Waals surface area (Å²) in [7, 11) is 0. The number of nitrogens with one attached hydrogen (secondary N) is 1. The van der Waals surface area contributed by atoms with Crippen LogP contribution in [0, 0.1) is 35.5 Å². The van der Waals surface area contributed by atoms with Crippen molar-refractivity contribution in [3.8, 4) is 0 Å². The van der Waals surface area contributed by atoms with Gasteiger partial charge in [-0.2, -0.15) is 0 Å². The first-order valence-electron chi connectivity index (χ1n) is 23.0. The van der Waals surface area contributed by atoms with Gasteiger partial charge in [-0.05, 0) is 68.3 Å². The number of aliphatic hydroxyl groups is 2. The van der Waals surface area contributed by atoms with Gasteiger partial charge in [-0.15, -0.1) is 0 Å². The summed E-state index contributed by atoms with van der Waals surface area (Å²) in [6.07, 6.45) is 7.90. The molecule has 13 heteroatoms. The van der Waals surface area contributed by atoms with Crippen LogP contribution in [0.1, 0.15) is 132 Å². The van der Waals surface area contributed by atoms with Gasteiger partial charge in [0.2, 0.25) is 0 Å². The highest BCUT2D eigenvalue weighted by Crippen LogP contribution is 2.58. The van der Waals surface area contributed by atoms with E-state index in [1.54, 1.807) is 0 Å². The molecule has 8 fully saturated rings. The standard InChI is InChI=1S/C46H71NO12/c1-25-17-36-41(8)37(23-44(58-41)29(5)16-26(2)24-47-44)56-43(21-25,55-36)22-28(4)39-27(3)18-31(7)46(51,57-39)40(50)35-20-34-33(52-35)19-30(6)45(54-34)15-14-42(59-45)13-9-10-32(53-42)11-12-38(48)49/h9-10,25-27,29-37,39-40,47,50-51H,4,11-24H2,1-3,5-8H3,(H,48,49)/t25-,26+,27-,29-,30+,31+,32-,33+,34+,35-,36+,37+,39-,40+,41+,42-,43-,44-,45+,46+/m0/s1. The molecule has 0 amide bonds. The third-order valence-corrected chi connectivity index (χ3v) is 16.3. The molecular formula is C46H71NO12. The molecule has 9 rings (SSSR count). The van der Waals surface area contributed by atoms with E-state index in [9.17, 15) is 20.1 Å². The number of carboxylic acids is 1. The highest BCUT2D eigenvalue weighted by molar-refractivity contribution is 5.66. The maximum atomic E-state index is 12.4. The second-order valence-electron chi connectivity index (χ2n) is 21.1. The molecule has 20 atom stereocenters. The molecule has 9 aliphatic rings. The van der Waals surface area contributed by atoms with E-state index >= 15 is 0 Å². The van der Waals surface area contributed by atoms with Crippen LogP contribution in [0.2, 0.25) is 0 Å². The fourth-order valence-electron chi connectivity index (χ4n) is 13.0. The van der Waals surface area contributed by atoms with Gasteiger partial charge in [0.25, 0.3) is 0 Å². The van der Waals surface area contributed by atoms with Gasteiger partial charge in [0, 0.05) is 69.7 Å². The molecule has 13 nitrogen and oxygen atoms in total. The molecule has 4 N–H and O–H groups in total. The number of hydrogen-bond donors (Lipinski definition) is 4. The minimum absolute atomic E-state index is 0.0209. The topological polar surface area (TPSA) is 164 Å². The third-order valence-electron chi connectivity index (χ3n) is 16.3. The molecule has 2 bridgehead atoms. The zero-order valence-corrected chi connectivity index (χ0v) is 36.4. The fraction of sp³-hybridized carbons (Fsp3) is 0.891. The van der Waals surface area contributed by atoms with E-state index in [1.165, 1.54) is 0 Å². The Hall–Kier alpha value is -1.49.